The Balaban J connectivity index is 1.74. The summed E-state index contributed by atoms with van der Waals surface area (Å²) in [5.74, 6) is 0.929. The highest BCUT2D eigenvalue weighted by Crippen LogP contribution is 2.24. The number of nitrogens with zero attached hydrogens (tertiary/aromatic N) is 1. The zero-order chi connectivity index (χ0) is 14.7. The van der Waals surface area contributed by atoms with E-state index >= 15 is 0 Å². The summed E-state index contributed by atoms with van der Waals surface area (Å²) in [6.07, 6.45) is 0.671. The van der Waals surface area contributed by atoms with E-state index in [1.807, 2.05) is 12.1 Å². The van der Waals surface area contributed by atoms with Crippen LogP contribution in [-0.4, -0.2) is 11.0 Å². The zero-order valence-electron chi connectivity index (χ0n) is 11.2. The van der Waals surface area contributed by atoms with E-state index in [1.165, 1.54) is 12.1 Å². The maximum atomic E-state index is 12.8. The minimum Gasteiger partial charge on any atom is -0.489 e. The Morgan fingerprint density at radius 3 is 2.71 bits per heavy atom. The Morgan fingerprint density at radius 1 is 1.14 bits per heavy atom. The summed E-state index contributed by atoms with van der Waals surface area (Å²) < 4.78 is 23.8. The van der Waals surface area contributed by atoms with Gasteiger partial charge in [-0.1, -0.05) is 17.3 Å². The number of benzene rings is 2. The SMILES string of the molecule is Fc1ccc(COc2ccc3c(CCCl)noc3c2)cc1. The van der Waals surface area contributed by atoms with Crippen molar-refractivity contribution in [3.8, 4) is 5.75 Å². The third kappa shape index (κ3) is 3.16. The van der Waals surface area contributed by atoms with E-state index in [9.17, 15) is 4.39 Å². The van der Waals surface area contributed by atoms with Crippen molar-refractivity contribution in [1.29, 1.82) is 0 Å². The summed E-state index contributed by atoms with van der Waals surface area (Å²) in [6, 6.07) is 11.8. The smallest absolute Gasteiger partial charge is 0.170 e. The molecule has 3 aromatic rings. The summed E-state index contributed by atoms with van der Waals surface area (Å²) in [7, 11) is 0. The summed E-state index contributed by atoms with van der Waals surface area (Å²) in [6.45, 7) is 0.370. The van der Waals surface area contributed by atoms with Crippen LogP contribution in [0.4, 0.5) is 4.39 Å². The molecule has 3 rings (SSSR count). The number of aryl methyl sites for hydroxylation is 1. The van der Waals surface area contributed by atoms with Crippen LogP contribution in [0.5, 0.6) is 5.75 Å². The highest BCUT2D eigenvalue weighted by Gasteiger charge is 2.08. The normalized spacial score (nSPS) is 11.0. The molecule has 21 heavy (non-hydrogen) atoms. The zero-order valence-corrected chi connectivity index (χ0v) is 11.9. The number of ether oxygens (including phenoxy) is 1. The van der Waals surface area contributed by atoms with Crippen molar-refractivity contribution in [2.45, 2.75) is 13.0 Å². The van der Waals surface area contributed by atoms with Gasteiger partial charge in [0.1, 0.15) is 18.2 Å². The van der Waals surface area contributed by atoms with E-state index < -0.39 is 0 Å². The van der Waals surface area contributed by atoms with Gasteiger partial charge in [0, 0.05) is 23.8 Å². The van der Waals surface area contributed by atoms with Crippen LogP contribution in [-0.2, 0) is 13.0 Å². The number of aromatic nitrogens is 1. The summed E-state index contributed by atoms with van der Waals surface area (Å²) in [5.41, 5.74) is 2.42. The Kier molecular flexibility index (Phi) is 4.06. The Morgan fingerprint density at radius 2 is 1.95 bits per heavy atom. The lowest BCUT2D eigenvalue weighted by atomic mass is 10.2. The van der Waals surface area contributed by atoms with E-state index in [2.05, 4.69) is 5.16 Å². The Bertz CT molecular complexity index is 740. The lowest BCUT2D eigenvalue weighted by Crippen LogP contribution is -1.95. The molecule has 3 nitrogen and oxygen atoms in total. The van der Waals surface area contributed by atoms with Gasteiger partial charge in [0.15, 0.2) is 5.58 Å². The first-order valence-electron chi connectivity index (χ1n) is 6.58. The van der Waals surface area contributed by atoms with Gasteiger partial charge in [-0.15, -0.1) is 11.6 Å². The average molecular weight is 306 g/mol. The van der Waals surface area contributed by atoms with Crippen LogP contribution in [0.25, 0.3) is 11.0 Å². The van der Waals surface area contributed by atoms with Gasteiger partial charge in [-0.3, -0.25) is 0 Å². The average Bonchev–Trinajstić information content (AvgIpc) is 2.90. The molecule has 0 atom stereocenters. The molecule has 1 heterocycles. The standard InChI is InChI=1S/C16H13ClFNO2/c17-8-7-15-14-6-5-13(9-16(14)21-19-15)20-10-11-1-3-12(18)4-2-11/h1-6,9H,7-8,10H2. The molecule has 5 heteroatoms. The van der Waals surface area contributed by atoms with Gasteiger partial charge >= 0.3 is 0 Å². The van der Waals surface area contributed by atoms with Crippen LogP contribution < -0.4 is 4.74 Å². The molecule has 0 aliphatic heterocycles. The van der Waals surface area contributed by atoms with Gasteiger partial charge in [-0.2, -0.15) is 0 Å². The maximum absolute atomic E-state index is 12.8. The van der Waals surface area contributed by atoms with Crippen LogP contribution in [0.2, 0.25) is 0 Å². The van der Waals surface area contributed by atoms with Gasteiger partial charge in [-0.05, 0) is 29.8 Å². The largest absolute Gasteiger partial charge is 0.489 e. The number of hydrogen-bond acceptors (Lipinski definition) is 3. The molecule has 0 amide bonds. The van der Waals surface area contributed by atoms with Crippen molar-refractivity contribution in [3.63, 3.8) is 0 Å². The monoisotopic (exact) mass is 305 g/mol. The molecule has 0 aliphatic carbocycles. The fraction of sp³-hybridized carbons (Fsp3) is 0.188. The fourth-order valence-corrected chi connectivity index (χ4v) is 2.26. The molecule has 0 bridgehead atoms. The number of alkyl halides is 1. The van der Waals surface area contributed by atoms with Gasteiger partial charge < -0.3 is 9.26 Å². The third-order valence-corrected chi connectivity index (χ3v) is 3.36. The van der Waals surface area contributed by atoms with Crippen LogP contribution in [0.3, 0.4) is 0 Å². The molecule has 0 fully saturated rings. The highest BCUT2D eigenvalue weighted by atomic mass is 35.5. The first-order chi connectivity index (χ1) is 10.3. The van der Waals surface area contributed by atoms with Crippen molar-refractivity contribution < 1.29 is 13.7 Å². The van der Waals surface area contributed by atoms with Crippen LogP contribution in [0.15, 0.2) is 47.0 Å². The molecule has 0 spiro atoms. The second kappa shape index (κ2) is 6.14. The molecule has 0 N–H and O–H groups in total. The summed E-state index contributed by atoms with van der Waals surface area (Å²) >= 11 is 5.72. The fourth-order valence-electron chi connectivity index (χ4n) is 2.08. The quantitative estimate of drug-likeness (QED) is 0.658. The second-order valence-electron chi connectivity index (χ2n) is 4.64. The Hall–Kier alpha value is -2.07. The van der Waals surface area contributed by atoms with Gasteiger partial charge in [0.2, 0.25) is 0 Å². The number of fused-ring (bicyclic) bond motifs is 1. The first kappa shape index (κ1) is 13.9. The topological polar surface area (TPSA) is 35.3 Å². The molecule has 0 saturated carbocycles. The van der Waals surface area contributed by atoms with Crippen LogP contribution in [0, 0.1) is 5.82 Å². The summed E-state index contributed by atoms with van der Waals surface area (Å²) in [5, 5.41) is 4.95. The molecular formula is C16H13ClFNO2. The van der Waals surface area contributed by atoms with E-state index in [0.29, 0.717) is 30.2 Å². The van der Waals surface area contributed by atoms with Crippen LogP contribution >= 0.6 is 11.6 Å². The summed E-state index contributed by atoms with van der Waals surface area (Å²) in [4.78, 5) is 0. The third-order valence-electron chi connectivity index (χ3n) is 3.17. The predicted octanol–water partition coefficient (Wildman–Crippen LogP) is 4.33. The molecule has 0 unspecified atom stereocenters. The highest BCUT2D eigenvalue weighted by molar-refractivity contribution is 6.18. The van der Waals surface area contributed by atoms with Gasteiger partial charge in [0.25, 0.3) is 0 Å². The lowest BCUT2D eigenvalue weighted by Gasteiger charge is -2.06. The second-order valence-corrected chi connectivity index (χ2v) is 5.02. The minimum absolute atomic E-state index is 0.256. The molecular weight excluding hydrogens is 293 g/mol. The van der Waals surface area contributed by atoms with E-state index in [4.69, 9.17) is 20.9 Å². The lowest BCUT2D eigenvalue weighted by molar-refractivity contribution is 0.305. The van der Waals surface area contributed by atoms with Crippen LogP contribution in [0.1, 0.15) is 11.3 Å². The van der Waals surface area contributed by atoms with Gasteiger partial charge in [-0.25, -0.2) is 4.39 Å². The molecule has 0 radical (unpaired) electrons. The predicted molar refractivity (Wildman–Crippen MR) is 79.2 cm³/mol. The van der Waals surface area contributed by atoms with E-state index in [1.54, 1.807) is 18.2 Å². The maximum Gasteiger partial charge on any atom is 0.170 e. The Labute approximate surface area is 126 Å². The number of hydrogen-bond donors (Lipinski definition) is 0. The molecule has 0 aliphatic rings. The van der Waals surface area contributed by atoms with Gasteiger partial charge in [0.05, 0.1) is 5.69 Å². The number of rotatable bonds is 5. The number of halogens is 2. The first-order valence-corrected chi connectivity index (χ1v) is 7.11. The molecule has 2 aromatic carbocycles. The van der Waals surface area contributed by atoms with Crippen molar-refractivity contribution >= 4 is 22.6 Å². The molecule has 108 valence electrons. The van der Waals surface area contributed by atoms with Crippen molar-refractivity contribution in [2.24, 2.45) is 0 Å². The van der Waals surface area contributed by atoms with Crippen molar-refractivity contribution in [3.05, 3.63) is 59.5 Å². The van der Waals surface area contributed by atoms with E-state index in [0.717, 1.165) is 16.6 Å². The molecule has 0 saturated heterocycles. The molecule has 1 aromatic heterocycles. The van der Waals surface area contributed by atoms with Crippen molar-refractivity contribution in [1.82, 2.24) is 5.16 Å². The van der Waals surface area contributed by atoms with E-state index in [-0.39, 0.29) is 5.82 Å². The minimum atomic E-state index is -0.256. The van der Waals surface area contributed by atoms with Crippen molar-refractivity contribution in [2.75, 3.05) is 5.88 Å².